The largest absolute Gasteiger partial charge is 0.489 e. The van der Waals surface area contributed by atoms with Crippen LogP contribution >= 0.6 is 0 Å². The summed E-state index contributed by atoms with van der Waals surface area (Å²) in [5.41, 5.74) is 1.52. The number of amides is 2. The van der Waals surface area contributed by atoms with Crippen molar-refractivity contribution in [3.63, 3.8) is 0 Å². The number of fused-ring (bicyclic) bond motifs is 1. The highest BCUT2D eigenvalue weighted by molar-refractivity contribution is 6.01. The highest BCUT2D eigenvalue weighted by Gasteiger charge is 2.30. The Morgan fingerprint density at radius 2 is 1.70 bits per heavy atom. The molecule has 0 spiro atoms. The minimum Gasteiger partial charge on any atom is -0.489 e. The summed E-state index contributed by atoms with van der Waals surface area (Å²) in [5, 5.41) is 14.3. The van der Waals surface area contributed by atoms with E-state index in [1.165, 1.54) is 19.2 Å². The maximum absolute atomic E-state index is 13.7. The molecule has 0 unspecified atom stereocenters. The van der Waals surface area contributed by atoms with Crippen molar-refractivity contribution in [2.75, 3.05) is 26.8 Å². The second-order valence-corrected chi connectivity index (χ2v) is 10.9. The molecule has 0 radical (unpaired) electrons. The molecular formula is C35H37N3O8. The second kappa shape index (κ2) is 16.7. The molecule has 3 aromatic carbocycles. The molecule has 0 aliphatic carbocycles. The van der Waals surface area contributed by atoms with E-state index in [0.29, 0.717) is 13.0 Å². The number of carbonyl (C=O) groups is 4. The maximum atomic E-state index is 13.7. The van der Waals surface area contributed by atoms with Crippen LogP contribution in [0.25, 0.3) is 0 Å². The molecule has 4 rings (SSSR count). The van der Waals surface area contributed by atoms with Crippen molar-refractivity contribution in [3.05, 3.63) is 118 Å². The molecule has 46 heavy (non-hydrogen) atoms. The van der Waals surface area contributed by atoms with E-state index in [0.717, 1.165) is 17.2 Å². The number of Topliss-reactive ketones (excluding diaryl/α,β-unsaturated/α-hetero) is 1. The summed E-state index contributed by atoms with van der Waals surface area (Å²) in [6.07, 6.45) is 3.90. The van der Waals surface area contributed by atoms with E-state index in [1.54, 1.807) is 29.2 Å². The van der Waals surface area contributed by atoms with Gasteiger partial charge in [-0.3, -0.25) is 24.5 Å². The molecule has 240 valence electrons. The lowest BCUT2D eigenvalue weighted by Gasteiger charge is -2.24. The third-order valence-corrected chi connectivity index (χ3v) is 7.74. The number of hydrogen-bond donors (Lipinski definition) is 1. The molecule has 2 atom stereocenters. The molecule has 0 bridgehead atoms. The number of non-ortho nitro benzene ring substituents is 1. The topological polar surface area (TPSA) is 145 Å². The van der Waals surface area contributed by atoms with Crippen LogP contribution in [-0.2, 0) is 32.0 Å². The van der Waals surface area contributed by atoms with E-state index in [-0.39, 0.29) is 61.7 Å². The van der Waals surface area contributed by atoms with Gasteiger partial charge in [-0.25, -0.2) is 4.79 Å². The standard InChI is InChI=1S/C35H37N3O8/c1-45-35(42)30-15-17-33(40)37(20-18-25-10-4-2-5-11-25)19-8-9-21-46-32-16-14-28(38(43)44)24-29(32)31(39)23-27(34(41)36-30)22-26-12-6-3-7-13-26/h2-14,16,24,27,30H,15,17-23H2,1H3,(H,36,41)/b9-8+/t27-,30-/m0/s1. The number of rotatable bonds is 7. The summed E-state index contributed by atoms with van der Waals surface area (Å²) in [6.45, 7) is 0.718. The van der Waals surface area contributed by atoms with Crippen LogP contribution in [0.3, 0.4) is 0 Å². The zero-order valence-electron chi connectivity index (χ0n) is 25.6. The number of ketones is 1. The molecule has 1 N–H and O–H groups in total. The fourth-order valence-corrected chi connectivity index (χ4v) is 5.21. The normalized spacial score (nSPS) is 18.8. The number of hydrogen-bond acceptors (Lipinski definition) is 8. The van der Waals surface area contributed by atoms with Crippen molar-refractivity contribution in [1.29, 1.82) is 0 Å². The first kappa shape index (κ1) is 33.6. The van der Waals surface area contributed by atoms with Crippen LogP contribution in [-0.4, -0.2) is 66.2 Å². The first-order valence-electron chi connectivity index (χ1n) is 15.1. The van der Waals surface area contributed by atoms with Gasteiger partial charge in [0.1, 0.15) is 18.4 Å². The molecule has 11 nitrogen and oxygen atoms in total. The molecule has 0 aromatic heterocycles. The van der Waals surface area contributed by atoms with Gasteiger partial charge in [0.25, 0.3) is 5.69 Å². The molecule has 0 saturated heterocycles. The minimum atomic E-state index is -1.13. The third-order valence-electron chi connectivity index (χ3n) is 7.74. The lowest BCUT2D eigenvalue weighted by Crippen LogP contribution is -2.46. The third kappa shape index (κ3) is 9.59. The number of ether oxygens (including phenoxy) is 2. The average Bonchev–Trinajstić information content (AvgIpc) is 3.07. The molecular weight excluding hydrogens is 590 g/mol. The summed E-state index contributed by atoms with van der Waals surface area (Å²) >= 11 is 0. The van der Waals surface area contributed by atoms with Crippen LogP contribution in [0, 0.1) is 16.0 Å². The van der Waals surface area contributed by atoms with Gasteiger partial charge in [-0.15, -0.1) is 0 Å². The molecule has 2 amide bonds. The SMILES string of the molecule is COC(=O)[C@@H]1CCC(=O)N(CCc2ccccc2)C/C=C/COc2ccc([N+](=O)[O-])cc2C(=O)C[C@H](Cc2ccccc2)C(=O)N1. The number of nitrogens with zero attached hydrogens (tertiary/aromatic N) is 2. The highest BCUT2D eigenvalue weighted by atomic mass is 16.6. The van der Waals surface area contributed by atoms with Gasteiger partial charge in [0.2, 0.25) is 11.8 Å². The van der Waals surface area contributed by atoms with Crippen molar-refractivity contribution < 1.29 is 33.6 Å². The van der Waals surface area contributed by atoms with E-state index < -0.39 is 34.5 Å². The lowest BCUT2D eigenvalue weighted by atomic mass is 9.90. The summed E-state index contributed by atoms with van der Waals surface area (Å²) in [7, 11) is 1.20. The molecule has 0 fully saturated rings. The summed E-state index contributed by atoms with van der Waals surface area (Å²) in [5.74, 6) is -2.84. The maximum Gasteiger partial charge on any atom is 0.328 e. The lowest BCUT2D eigenvalue weighted by molar-refractivity contribution is -0.384. The van der Waals surface area contributed by atoms with Crippen LogP contribution in [0.4, 0.5) is 5.69 Å². The second-order valence-electron chi connectivity index (χ2n) is 10.9. The molecule has 11 heteroatoms. The fraction of sp³-hybridized carbons (Fsp3) is 0.314. The number of nitrogens with one attached hydrogen (secondary N) is 1. The first-order chi connectivity index (χ1) is 22.2. The Kier molecular flexibility index (Phi) is 12.2. The van der Waals surface area contributed by atoms with Crippen LogP contribution in [0.15, 0.2) is 91.0 Å². The van der Waals surface area contributed by atoms with Gasteiger partial charge < -0.3 is 19.7 Å². The van der Waals surface area contributed by atoms with Crippen molar-refractivity contribution in [2.24, 2.45) is 5.92 Å². The Balaban J connectivity index is 1.67. The van der Waals surface area contributed by atoms with E-state index in [2.05, 4.69) is 5.32 Å². The van der Waals surface area contributed by atoms with E-state index >= 15 is 0 Å². The fourth-order valence-electron chi connectivity index (χ4n) is 5.21. The average molecular weight is 628 g/mol. The van der Waals surface area contributed by atoms with E-state index in [9.17, 15) is 29.3 Å². The van der Waals surface area contributed by atoms with Crippen LogP contribution < -0.4 is 10.1 Å². The Bertz CT molecular complexity index is 1560. The van der Waals surface area contributed by atoms with Gasteiger partial charge in [0.05, 0.1) is 17.6 Å². The molecule has 1 heterocycles. The minimum absolute atomic E-state index is 0.00700. The highest BCUT2D eigenvalue weighted by Crippen LogP contribution is 2.28. The predicted molar refractivity (Wildman–Crippen MR) is 170 cm³/mol. The summed E-state index contributed by atoms with van der Waals surface area (Å²) in [4.78, 5) is 66.2. The van der Waals surface area contributed by atoms with E-state index in [4.69, 9.17) is 9.47 Å². The zero-order chi connectivity index (χ0) is 32.9. The van der Waals surface area contributed by atoms with Gasteiger partial charge >= 0.3 is 5.97 Å². The number of nitro groups is 1. The predicted octanol–water partition coefficient (Wildman–Crippen LogP) is 4.48. The Morgan fingerprint density at radius 3 is 2.37 bits per heavy atom. The molecule has 0 saturated carbocycles. The van der Waals surface area contributed by atoms with E-state index in [1.807, 2.05) is 48.5 Å². The monoisotopic (exact) mass is 627 g/mol. The number of methoxy groups -OCH3 is 1. The first-order valence-corrected chi connectivity index (χ1v) is 15.1. The van der Waals surface area contributed by atoms with Gasteiger partial charge in [-0.2, -0.15) is 0 Å². The number of carbonyl (C=O) groups excluding carboxylic acids is 4. The van der Waals surface area contributed by atoms with Crippen LogP contribution in [0.2, 0.25) is 0 Å². The van der Waals surface area contributed by atoms with Crippen LogP contribution in [0.5, 0.6) is 5.75 Å². The Morgan fingerprint density at radius 1 is 1.00 bits per heavy atom. The number of nitro benzene ring substituents is 1. The van der Waals surface area contributed by atoms with Gasteiger partial charge in [-0.1, -0.05) is 66.7 Å². The van der Waals surface area contributed by atoms with Gasteiger partial charge in [0, 0.05) is 44.0 Å². The summed E-state index contributed by atoms with van der Waals surface area (Å²) < 4.78 is 10.8. The number of benzene rings is 3. The van der Waals surface area contributed by atoms with Gasteiger partial charge in [-0.05, 0) is 42.5 Å². The Labute approximate surface area is 267 Å². The quantitative estimate of drug-likeness (QED) is 0.175. The van der Waals surface area contributed by atoms with Crippen LogP contribution in [0.1, 0.15) is 40.7 Å². The summed E-state index contributed by atoms with van der Waals surface area (Å²) in [6, 6.07) is 21.4. The Hall–Kier alpha value is -5.32. The molecule has 1 aliphatic heterocycles. The zero-order valence-corrected chi connectivity index (χ0v) is 25.6. The van der Waals surface area contributed by atoms with Crippen molar-refractivity contribution in [3.8, 4) is 5.75 Å². The van der Waals surface area contributed by atoms with Crippen molar-refractivity contribution >= 4 is 29.3 Å². The van der Waals surface area contributed by atoms with Gasteiger partial charge in [0.15, 0.2) is 5.78 Å². The molecule has 3 aromatic rings. The smallest absolute Gasteiger partial charge is 0.328 e. The number of esters is 1. The molecule has 1 aliphatic rings. The van der Waals surface area contributed by atoms with Crippen molar-refractivity contribution in [2.45, 2.75) is 38.1 Å². The van der Waals surface area contributed by atoms with Crippen molar-refractivity contribution in [1.82, 2.24) is 10.2 Å².